The van der Waals surface area contributed by atoms with Crippen LogP contribution in [0.1, 0.15) is 12.5 Å². The van der Waals surface area contributed by atoms with E-state index in [0.717, 1.165) is 27.2 Å². The molecule has 0 radical (unpaired) electrons. The van der Waals surface area contributed by atoms with Gasteiger partial charge >= 0.3 is 0 Å². The van der Waals surface area contributed by atoms with Crippen molar-refractivity contribution >= 4 is 33.2 Å². The molecule has 0 heterocycles. The average molecular weight is 371 g/mol. The van der Waals surface area contributed by atoms with E-state index >= 15 is 0 Å². The summed E-state index contributed by atoms with van der Waals surface area (Å²) < 4.78 is 11.7. The summed E-state index contributed by atoms with van der Waals surface area (Å²) in [6.45, 7) is 3.29. The molecule has 0 aromatic heterocycles. The monoisotopic (exact) mass is 369 g/mol. The lowest BCUT2D eigenvalue weighted by atomic mass is 10.2. The summed E-state index contributed by atoms with van der Waals surface area (Å²) in [6, 6.07) is 11.6. The summed E-state index contributed by atoms with van der Waals surface area (Å²) in [5, 5.41) is 3.98. The fourth-order valence-corrected chi connectivity index (χ4v) is 2.98. The van der Waals surface area contributed by atoms with Crippen LogP contribution in [0, 0.1) is 0 Å². The van der Waals surface area contributed by atoms with Crippen LogP contribution in [0.25, 0.3) is 0 Å². The molecule has 0 atom stereocenters. The van der Waals surface area contributed by atoms with Crippen LogP contribution < -0.4 is 14.8 Å². The van der Waals surface area contributed by atoms with Gasteiger partial charge in [-0.3, -0.25) is 0 Å². The molecule has 0 aliphatic carbocycles. The molecule has 3 nitrogen and oxygen atoms in total. The summed E-state index contributed by atoms with van der Waals surface area (Å²) in [7, 11) is 1.63. The second-order valence-corrected chi connectivity index (χ2v) is 5.69. The Kier molecular flexibility index (Phi) is 5.76. The lowest BCUT2D eigenvalue weighted by Crippen LogP contribution is -2.02. The normalized spacial score (nSPS) is 10.3. The fraction of sp³-hybridized carbons (Fsp3) is 0.250. The van der Waals surface area contributed by atoms with Crippen molar-refractivity contribution in [2.24, 2.45) is 0 Å². The van der Waals surface area contributed by atoms with Crippen LogP contribution in [-0.4, -0.2) is 13.7 Å². The molecule has 2 aromatic carbocycles. The Bertz CT molecular complexity index is 619. The van der Waals surface area contributed by atoms with E-state index in [1.54, 1.807) is 13.2 Å². The Morgan fingerprint density at radius 1 is 1.24 bits per heavy atom. The number of anilines is 1. The van der Waals surface area contributed by atoms with E-state index in [-0.39, 0.29) is 0 Å². The first-order valence-corrected chi connectivity index (χ1v) is 7.79. The van der Waals surface area contributed by atoms with Gasteiger partial charge < -0.3 is 14.8 Å². The quantitative estimate of drug-likeness (QED) is 0.765. The number of hydrogen-bond donors (Lipinski definition) is 1. The lowest BCUT2D eigenvalue weighted by molar-refractivity contribution is 0.340. The van der Waals surface area contributed by atoms with Crippen LogP contribution in [0.15, 0.2) is 40.9 Å². The first-order chi connectivity index (χ1) is 10.1. The molecule has 0 bridgehead atoms. The molecular formula is C16H17BrClNO2. The van der Waals surface area contributed by atoms with Crippen LogP contribution in [0.4, 0.5) is 5.69 Å². The van der Waals surface area contributed by atoms with Crippen molar-refractivity contribution in [1.82, 2.24) is 0 Å². The predicted octanol–water partition coefficient (Wildman–Crippen LogP) is 5.12. The van der Waals surface area contributed by atoms with E-state index < -0.39 is 0 Å². The number of methoxy groups -OCH3 is 1. The van der Waals surface area contributed by atoms with Crippen molar-refractivity contribution in [2.45, 2.75) is 13.5 Å². The van der Waals surface area contributed by atoms with E-state index in [4.69, 9.17) is 21.1 Å². The van der Waals surface area contributed by atoms with E-state index in [0.29, 0.717) is 18.2 Å². The largest absolute Gasteiger partial charge is 0.494 e. The molecule has 0 fully saturated rings. The highest BCUT2D eigenvalue weighted by atomic mass is 79.9. The van der Waals surface area contributed by atoms with Crippen LogP contribution in [-0.2, 0) is 6.54 Å². The lowest BCUT2D eigenvalue weighted by Gasteiger charge is -2.14. The molecule has 0 aliphatic rings. The maximum atomic E-state index is 6.08. The van der Waals surface area contributed by atoms with Gasteiger partial charge in [0.15, 0.2) is 5.75 Å². The van der Waals surface area contributed by atoms with Crippen molar-refractivity contribution in [3.8, 4) is 11.5 Å². The van der Waals surface area contributed by atoms with Gasteiger partial charge in [0, 0.05) is 11.6 Å². The number of nitrogens with one attached hydrogen (secondary N) is 1. The van der Waals surface area contributed by atoms with Crippen molar-refractivity contribution < 1.29 is 9.47 Å². The van der Waals surface area contributed by atoms with Gasteiger partial charge in [-0.05, 0) is 52.7 Å². The van der Waals surface area contributed by atoms with Gasteiger partial charge in [-0.2, -0.15) is 0 Å². The summed E-state index contributed by atoms with van der Waals surface area (Å²) in [4.78, 5) is 0. The second-order valence-electron chi connectivity index (χ2n) is 4.40. The first-order valence-electron chi connectivity index (χ1n) is 6.62. The molecule has 1 N–H and O–H groups in total. The number of halogens is 2. The Hall–Kier alpha value is -1.39. The van der Waals surface area contributed by atoms with Crippen LogP contribution in [0.5, 0.6) is 11.5 Å². The van der Waals surface area contributed by atoms with Gasteiger partial charge in [0.2, 0.25) is 0 Å². The standard InChI is InChI=1S/C16H17BrClNO2/c1-3-21-13-6-4-5-11(7-13)10-19-15-9-12(18)8-14(17)16(15)20-2/h4-9,19H,3,10H2,1-2H3. The molecule has 2 aromatic rings. The molecule has 0 spiro atoms. The van der Waals surface area contributed by atoms with Crippen LogP contribution >= 0.6 is 27.5 Å². The predicted molar refractivity (Wildman–Crippen MR) is 90.6 cm³/mol. The molecule has 0 saturated heterocycles. The maximum Gasteiger partial charge on any atom is 0.156 e. The molecule has 2 rings (SSSR count). The number of benzene rings is 2. The minimum Gasteiger partial charge on any atom is -0.494 e. The number of ether oxygens (including phenoxy) is 2. The maximum absolute atomic E-state index is 6.08. The van der Waals surface area contributed by atoms with Gasteiger partial charge in [-0.25, -0.2) is 0 Å². The minimum absolute atomic E-state index is 0.647. The second kappa shape index (κ2) is 7.57. The topological polar surface area (TPSA) is 30.5 Å². The minimum atomic E-state index is 0.647. The van der Waals surface area contributed by atoms with Crippen LogP contribution in [0.2, 0.25) is 5.02 Å². The number of rotatable bonds is 6. The zero-order chi connectivity index (χ0) is 15.2. The Balaban J connectivity index is 2.14. The van der Waals surface area contributed by atoms with Crippen molar-refractivity contribution in [3.05, 3.63) is 51.5 Å². The van der Waals surface area contributed by atoms with Crippen molar-refractivity contribution in [1.29, 1.82) is 0 Å². The van der Waals surface area contributed by atoms with Gasteiger partial charge in [-0.1, -0.05) is 23.7 Å². The van der Waals surface area contributed by atoms with Gasteiger partial charge in [0.05, 0.1) is 23.9 Å². The van der Waals surface area contributed by atoms with E-state index in [9.17, 15) is 0 Å². The molecule has 0 saturated carbocycles. The van der Waals surface area contributed by atoms with Gasteiger partial charge in [0.25, 0.3) is 0 Å². The number of hydrogen-bond acceptors (Lipinski definition) is 3. The SMILES string of the molecule is CCOc1cccc(CNc2cc(Cl)cc(Br)c2OC)c1. The molecule has 0 aliphatic heterocycles. The summed E-state index contributed by atoms with van der Waals surface area (Å²) in [5.74, 6) is 1.61. The average Bonchev–Trinajstić information content (AvgIpc) is 2.45. The third kappa shape index (κ3) is 4.29. The van der Waals surface area contributed by atoms with Crippen molar-refractivity contribution in [2.75, 3.05) is 19.0 Å². The van der Waals surface area contributed by atoms with E-state index in [2.05, 4.69) is 21.2 Å². The fourth-order valence-electron chi connectivity index (χ4n) is 2.01. The summed E-state index contributed by atoms with van der Waals surface area (Å²) in [5.41, 5.74) is 1.97. The first kappa shape index (κ1) is 16.0. The van der Waals surface area contributed by atoms with Crippen LogP contribution in [0.3, 0.4) is 0 Å². The van der Waals surface area contributed by atoms with Crippen molar-refractivity contribution in [3.63, 3.8) is 0 Å². The third-order valence-corrected chi connectivity index (χ3v) is 3.71. The molecule has 21 heavy (non-hydrogen) atoms. The molecule has 0 amide bonds. The summed E-state index contributed by atoms with van der Waals surface area (Å²) >= 11 is 9.53. The van der Waals surface area contributed by atoms with E-state index in [1.165, 1.54) is 0 Å². The molecule has 0 unspecified atom stereocenters. The molecule has 5 heteroatoms. The highest BCUT2D eigenvalue weighted by Crippen LogP contribution is 2.36. The zero-order valence-electron chi connectivity index (χ0n) is 12.0. The Morgan fingerprint density at radius 2 is 2.05 bits per heavy atom. The molecular weight excluding hydrogens is 354 g/mol. The van der Waals surface area contributed by atoms with E-state index in [1.807, 2.05) is 37.3 Å². The molecule has 112 valence electrons. The highest BCUT2D eigenvalue weighted by Gasteiger charge is 2.09. The summed E-state index contributed by atoms with van der Waals surface area (Å²) in [6.07, 6.45) is 0. The highest BCUT2D eigenvalue weighted by molar-refractivity contribution is 9.10. The smallest absolute Gasteiger partial charge is 0.156 e. The Morgan fingerprint density at radius 3 is 2.76 bits per heavy atom. The Labute approximate surface area is 138 Å². The van der Waals surface area contributed by atoms with Gasteiger partial charge in [-0.15, -0.1) is 0 Å². The third-order valence-electron chi connectivity index (χ3n) is 2.90. The van der Waals surface area contributed by atoms with Gasteiger partial charge in [0.1, 0.15) is 5.75 Å². The zero-order valence-corrected chi connectivity index (χ0v) is 14.3.